The number of nitrogens with one attached hydrogen (secondary N) is 2. The lowest BCUT2D eigenvalue weighted by Gasteiger charge is -2.24. The van der Waals surface area contributed by atoms with Crippen LogP contribution in [0.3, 0.4) is 0 Å². The lowest BCUT2D eigenvalue weighted by atomic mass is 10.1. The molecule has 0 bridgehead atoms. The summed E-state index contributed by atoms with van der Waals surface area (Å²) < 4.78 is 27.6. The van der Waals surface area contributed by atoms with E-state index in [4.69, 9.17) is 0 Å². The van der Waals surface area contributed by atoms with Gasteiger partial charge in [-0.3, -0.25) is 10.1 Å². The minimum absolute atomic E-state index is 0.140. The second kappa shape index (κ2) is 9.35. The molecule has 2 N–H and O–H groups in total. The van der Waals surface area contributed by atoms with Gasteiger partial charge in [-0.25, -0.2) is 13.1 Å². The monoisotopic (exact) mass is 471 g/mol. The maximum atomic E-state index is 12.6. The van der Waals surface area contributed by atoms with E-state index in [0.29, 0.717) is 18.0 Å². The Morgan fingerprint density at radius 1 is 1.16 bits per heavy atom. The van der Waals surface area contributed by atoms with Crippen LogP contribution in [0, 0.1) is 6.92 Å². The summed E-state index contributed by atoms with van der Waals surface area (Å²) in [5.74, 6) is -0.351. The topological polar surface area (TPSA) is 104 Å². The normalized spacial score (nSPS) is 15.6. The molecule has 2 heterocycles. The van der Waals surface area contributed by atoms with Gasteiger partial charge in [-0.1, -0.05) is 47.7 Å². The SMILES string of the molecule is Cc1ccccc1C(=O)Nc1nnc(S(=O)(=O)NCCCN2c3ccccc3C[C@H]2C)s1. The Labute approximate surface area is 191 Å². The highest BCUT2D eigenvalue weighted by atomic mass is 32.2. The van der Waals surface area contributed by atoms with Crippen molar-refractivity contribution in [3.63, 3.8) is 0 Å². The first-order valence-corrected chi connectivity index (χ1v) is 12.7. The van der Waals surface area contributed by atoms with Crippen molar-refractivity contribution in [3.8, 4) is 0 Å². The fourth-order valence-electron chi connectivity index (χ4n) is 3.85. The van der Waals surface area contributed by atoms with Gasteiger partial charge in [0.1, 0.15) is 0 Å². The Morgan fingerprint density at radius 3 is 2.72 bits per heavy atom. The van der Waals surface area contributed by atoms with Crippen molar-refractivity contribution >= 4 is 38.1 Å². The number of hydrogen-bond donors (Lipinski definition) is 2. The molecule has 2 aromatic carbocycles. The fraction of sp³-hybridized carbons (Fsp3) is 0.318. The molecule has 1 aromatic heterocycles. The molecule has 0 saturated heterocycles. The highest BCUT2D eigenvalue weighted by Crippen LogP contribution is 2.31. The Balaban J connectivity index is 1.31. The Kier molecular flexibility index (Phi) is 6.54. The Morgan fingerprint density at radius 2 is 1.91 bits per heavy atom. The summed E-state index contributed by atoms with van der Waals surface area (Å²) in [6.07, 6.45) is 1.66. The number of nitrogens with zero attached hydrogens (tertiary/aromatic N) is 3. The van der Waals surface area contributed by atoms with Gasteiger partial charge in [0, 0.05) is 30.4 Å². The van der Waals surface area contributed by atoms with E-state index in [-0.39, 0.29) is 21.9 Å². The van der Waals surface area contributed by atoms with Crippen LogP contribution in [-0.4, -0.2) is 43.7 Å². The summed E-state index contributed by atoms with van der Waals surface area (Å²) in [7, 11) is -3.79. The van der Waals surface area contributed by atoms with Crippen molar-refractivity contribution in [2.75, 3.05) is 23.3 Å². The molecule has 0 saturated carbocycles. The molecule has 0 unspecified atom stereocenters. The first-order chi connectivity index (χ1) is 15.3. The van der Waals surface area contributed by atoms with Crippen LogP contribution in [0.1, 0.15) is 34.8 Å². The van der Waals surface area contributed by atoms with Gasteiger partial charge >= 0.3 is 0 Å². The van der Waals surface area contributed by atoms with E-state index < -0.39 is 10.0 Å². The fourth-order valence-corrected chi connectivity index (χ4v) is 5.86. The number of fused-ring (bicyclic) bond motifs is 1. The van der Waals surface area contributed by atoms with Crippen molar-refractivity contribution in [2.24, 2.45) is 0 Å². The average Bonchev–Trinajstić information content (AvgIpc) is 3.36. The summed E-state index contributed by atoms with van der Waals surface area (Å²) in [6.45, 7) is 5.06. The number of hydrogen-bond acceptors (Lipinski definition) is 7. The minimum Gasteiger partial charge on any atom is -0.368 e. The summed E-state index contributed by atoms with van der Waals surface area (Å²) in [6, 6.07) is 15.9. The van der Waals surface area contributed by atoms with E-state index in [1.54, 1.807) is 12.1 Å². The Hall–Kier alpha value is -2.82. The first-order valence-electron chi connectivity index (χ1n) is 10.4. The molecule has 0 fully saturated rings. The van der Waals surface area contributed by atoms with Gasteiger partial charge in [0.15, 0.2) is 0 Å². The molecule has 1 aliphatic heterocycles. The molecule has 32 heavy (non-hydrogen) atoms. The number of rotatable bonds is 8. The van der Waals surface area contributed by atoms with Gasteiger partial charge in [0.2, 0.25) is 9.47 Å². The lowest BCUT2D eigenvalue weighted by Crippen LogP contribution is -2.33. The molecule has 0 radical (unpaired) electrons. The molecular weight excluding hydrogens is 446 g/mol. The third-order valence-electron chi connectivity index (χ3n) is 5.46. The van der Waals surface area contributed by atoms with Crippen molar-refractivity contribution in [2.45, 2.75) is 37.1 Å². The van der Waals surface area contributed by atoms with Crippen molar-refractivity contribution < 1.29 is 13.2 Å². The summed E-state index contributed by atoms with van der Waals surface area (Å²) >= 11 is 0.828. The molecule has 0 spiro atoms. The van der Waals surface area contributed by atoms with Gasteiger partial charge in [-0.15, -0.1) is 10.2 Å². The maximum absolute atomic E-state index is 12.6. The van der Waals surface area contributed by atoms with Crippen LogP contribution < -0.4 is 14.9 Å². The van der Waals surface area contributed by atoms with Gasteiger partial charge in [-0.05, 0) is 49.9 Å². The molecule has 4 rings (SSSR count). The highest BCUT2D eigenvalue weighted by Gasteiger charge is 2.25. The second-order valence-corrected chi connectivity index (χ2v) is 10.7. The molecule has 1 atom stereocenters. The number of aryl methyl sites for hydroxylation is 1. The predicted molar refractivity (Wildman–Crippen MR) is 126 cm³/mol. The number of aromatic nitrogens is 2. The number of amides is 1. The van der Waals surface area contributed by atoms with E-state index in [1.807, 2.05) is 31.2 Å². The molecular formula is C22H25N5O3S2. The van der Waals surface area contributed by atoms with Crippen LogP contribution in [0.25, 0.3) is 0 Å². The molecule has 0 aliphatic carbocycles. The van der Waals surface area contributed by atoms with E-state index in [2.05, 4.69) is 44.2 Å². The third-order valence-corrected chi connectivity index (χ3v) is 8.13. The molecule has 3 aromatic rings. The average molecular weight is 472 g/mol. The lowest BCUT2D eigenvalue weighted by molar-refractivity contribution is 0.102. The number of carbonyl (C=O) groups excluding carboxylic acids is 1. The number of benzene rings is 2. The van der Waals surface area contributed by atoms with Crippen LogP contribution in [0.4, 0.5) is 10.8 Å². The minimum atomic E-state index is -3.79. The predicted octanol–water partition coefficient (Wildman–Crippen LogP) is 3.22. The van der Waals surface area contributed by atoms with E-state index in [1.165, 1.54) is 11.3 Å². The van der Waals surface area contributed by atoms with Crippen LogP contribution in [0.15, 0.2) is 52.9 Å². The number of sulfonamides is 1. The second-order valence-electron chi connectivity index (χ2n) is 7.77. The summed E-state index contributed by atoms with van der Waals surface area (Å²) in [5.41, 5.74) is 3.87. The van der Waals surface area contributed by atoms with Crippen LogP contribution in [-0.2, 0) is 16.4 Å². The first kappa shape index (κ1) is 22.4. The largest absolute Gasteiger partial charge is 0.368 e. The highest BCUT2D eigenvalue weighted by molar-refractivity contribution is 7.91. The molecule has 8 nitrogen and oxygen atoms in total. The number of carbonyl (C=O) groups is 1. The van der Waals surface area contributed by atoms with Gasteiger partial charge in [0.25, 0.3) is 15.9 Å². The smallest absolute Gasteiger partial charge is 0.269 e. The van der Waals surface area contributed by atoms with Gasteiger partial charge < -0.3 is 4.90 Å². The van der Waals surface area contributed by atoms with E-state index in [9.17, 15) is 13.2 Å². The number of para-hydroxylation sites is 1. The maximum Gasteiger partial charge on any atom is 0.269 e. The van der Waals surface area contributed by atoms with Gasteiger partial charge in [-0.2, -0.15) is 0 Å². The molecule has 1 aliphatic rings. The van der Waals surface area contributed by atoms with Crippen molar-refractivity contribution in [1.29, 1.82) is 0 Å². The molecule has 1 amide bonds. The zero-order valence-electron chi connectivity index (χ0n) is 17.9. The molecule has 168 valence electrons. The van der Waals surface area contributed by atoms with Crippen molar-refractivity contribution in [3.05, 3.63) is 65.2 Å². The zero-order valence-corrected chi connectivity index (χ0v) is 19.5. The summed E-state index contributed by atoms with van der Waals surface area (Å²) in [4.78, 5) is 14.7. The molecule has 10 heteroatoms. The van der Waals surface area contributed by atoms with Gasteiger partial charge in [0.05, 0.1) is 0 Å². The third kappa shape index (κ3) is 4.82. The van der Waals surface area contributed by atoms with Crippen LogP contribution >= 0.6 is 11.3 Å². The zero-order chi connectivity index (χ0) is 22.7. The Bertz CT molecular complexity index is 1230. The van der Waals surface area contributed by atoms with Crippen molar-refractivity contribution in [1.82, 2.24) is 14.9 Å². The standard InChI is InChI=1S/C22H25N5O3S2/c1-15-8-3-5-10-18(15)20(28)24-21-25-26-22(31-21)32(29,30)23-12-7-13-27-16(2)14-17-9-4-6-11-19(17)27/h3-6,8-11,16,23H,7,12-14H2,1-2H3,(H,24,25,28)/t16-/m1/s1. The summed E-state index contributed by atoms with van der Waals surface area (Å²) in [5, 5.41) is 10.3. The van der Waals surface area contributed by atoms with Crippen LogP contribution in [0.2, 0.25) is 0 Å². The van der Waals surface area contributed by atoms with E-state index in [0.717, 1.165) is 29.9 Å². The van der Waals surface area contributed by atoms with E-state index >= 15 is 0 Å². The quantitative estimate of drug-likeness (QED) is 0.386. The van der Waals surface area contributed by atoms with Crippen LogP contribution in [0.5, 0.6) is 0 Å². The number of anilines is 2.